The highest BCUT2D eigenvalue weighted by atomic mass is 35.5. The number of aryl methyl sites for hydroxylation is 2. The molecule has 6 nitrogen and oxygen atoms in total. The van der Waals surface area contributed by atoms with Gasteiger partial charge in [0.2, 0.25) is 10.0 Å². The third-order valence-corrected chi connectivity index (χ3v) is 6.45. The summed E-state index contributed by atoms with van der Waals surface area (Å²) in [5, 5.41) is 0.572. The molecule has 0 amide bonds. The molecule has 0 saturated carbocycles. The van der Waals surface area contributed by atoms with Gasteiger partial charge in [0.25, 0.3) is 0 Å². The lowest BCUT2D eigenvalue weighted by molar-refractivity contribution is 0.0730. The molecule has 1 saturated heterocycles. The first-order valence-electron chi connectivity index (χ1n) is 8.46. The highest BCUT2D eigenvalue weighted by Gasteiger charge is 2.26. The first-order valence-corrected chi connectivity index (χ1v) is 10.3. The van der Waals surface area contributed by atoms with E-state index in [1.807, 2.05) is 0 Å². The molecule has 2 aromatic rings. The van der Waals surface area contributed by atoms with Crippen LogP contribution in [0.5, 0.6) is 5.75 Å². The van der Waals surface area contributed by atoms with E-state index in [4.69, 9.17) is 21.1 Å². The molecule has 8 heteroatoms. The topological polar surface area (TPSA) is 72.9 Å². The molecule has 0 radical (unpaired) electrons. The SMILES string of the molecule is Cc1cc(Cl)cc(C)c1OC(=O)c1ccc(S(=O)(=O)N2CCOCC2)cc1. The highest BCUT2D eigenvalue weighted by Crippen LogP contribution is 2.28. The maximum absolute atomic E-state index is 12.6. The molecule has 1 fully saturated rings. The number of morpholine rings is 1. The van der Waals surface area contributed by atoms with E-state index < -0.39 is 16.0 Å². The zero-order valence-electron chi connectivity index (χ0n) is 15.1. The van der Waals surface area contributed by atoms with E-state index in [0.717, 1.165) is 11.1 Å². The lowest BCUT2D eigenvalue weighted by Crippen LogP contribution is -2.40. The molecule has 1 aliphatic rings. The van der Waals surface area contributed by atoms with Gasteiger partial charge in [0.15, 0.2) is 0 Å². The van der Waals surface area contributed by atoms with Gasteiger partial charge in [0.05, 0.1) is 23.7 Å². The van der Waals surface area contributed by atoms with Crippen LogP contribution < -0.4 is 4.74 Å². The lowest BCUT2D eigenvalue weighted by atomic mass is 10.1. The standard InChI is InChI=1S/C19H20ClNO5S/c1-13-11-16(20)12-14(2)18(13)26-19(22)15-3-5-17(6-4-15)27(23,24)21-7-9-25-10-8-21/h3-6,11-12H,7-10H2,1-2H3. The van der Waals surface area contributed by atoms with Crippen LogP contribution in [-0.2, 0) is 14.8 Å². The van der Waals surface area contributed by atoms with Crippen LogP contribution in [0.2, 0.25) is 5.02 Å². The van der Waals surface area contributed by atoms with Crippen molar-refractivity contribution in [3.8, 4) is 5.75 Å². The van der Waals surface area contributed by atoms with Crippen molar-refractivity contribution in [3.63, 3.8) is 0 Å². The molecule has 1 aliphatic heterocycles. The van der Waals surface area contributed by atoms with E-state index >= 15 is 0 Å². The second-order valence-corrected chi connectivity index (χ2v) is 8.67. The van der Waals surface area contributed by atoms with E-state index in [1.165, 1.54) is 28.6 Å². The van der Waals surface area contributed by atoms with Gasteiger partial charge in [-0.2, -0.15) is 4.31 Å². The van der Waals surface area contributed by atoms with E-state index in [0.29, 0.717) is 37.1 Å². The number of rotatable bonds is 4. The van der Waals surface area contributed by atoms with Gasteiger partial charge < -0.3 is 9.47 Å². The van der Waals surface area contributed by atoms with Crippen LogP contribution in [-0.4, -0.2) is 45.0 Å². The fourth-order valence-corrected chi connectivity index (χ4v) is 4.64. The summed E-state index contributed by atoms with van der Waals surface area (Å²) in [6, 6.07) is 9.18. The lowest BCUT2D eigenvalue weighted by Gasteiger charge is -2.26. The number of sulfonamides is 1. The molecule has 0 bridgehead atoms. The van der Waals surface area contributed by atoms with Gasteiger partial charge in [-0.3, -0.25) is 0 Å². The molecular weight excluding hydrogens is 390 g/mol. The van der Waals surface area contributed by atoms with Crippen molar-refractivity contribution in [2.75, 3.05) is 26.3 Å². The average molecular weight is 410 g/mol. The Balaban J connectivity index is 1.78. The third kappa shape index (κ3) is 4.32. The van der Waals surface area contributed by atoms with Gasteiger partial charge in [-0.05, 0) is 61.4 Å². The molecule has 2 aromatic carbocycles. The van der Waals surface area contributed by atoms with Crippen LogP contribution in [0.4, 0.5) is 0 Å². The Morgan fingerprint density at radius 1 is 1.07 bits per heavy atom. The Labute approximate surface area is 163 Å². The summed E-state index contributed by atoms with van der Waals surface area (Å²) >= 11 is 5.99. The van der Waals surface area contributed by atoms with Crippen LogP contribution in [0, 0.1) is 13.8 Å². The van der Waals surface area contributed by atoms with Crippen LogP contribution >= 0.6 is 11.6 Å². The Hall–Kier alpha value is -1.93. The van der Waals surface area contributed by atoms with Crippen molar-refractivity contribution >= 4 is 27.6 Å². The number of carbonyl (C=O) groups excluding carboxylic acids is 1. The largest absolute Gasteiger partial charge is 0.422 e. The zero-order valence-corrected chi connectivity index (χ0v) is 16.6. The molecule has 1 heterocycles. The fourth-order valence-electron chi connectivity index (χ4n) is 2.91. The van der Waals surface area contributed by atoms with E-state index in [1.54, 1.807) is 26.0 Å². The van der Waals surface area contributed by atoms with Crippen molar-refractivity contribution in [2.45, 2.75) is 18.7 Å². The Morgan fingerprint density at radius 3 is 2.19 bits per heavy atom. The molecule has 0 atom stereocenters. The number of hydrogen-bond donors (Lipinski definition) is 0. The summed E-state index contributed by atoms with van der Waals surface area (Å²) in [6.45, 7) is 5.01. The molecule has 144 valence electrons. The fraction of sp³-hybridized carbons (Fsp3) is 0.316. The summed E-state index contributed by atoms with van der Waals surface area (Å²) in [5.74, 6) is -0.103. The second kappa shape index (κ2) is 7.98. The molecule has 0 N–H and O–H groups in total. The molecule has 0 unspecified atom stereocenters. The Morgan fingerprint density at radius 2 is 1.63 bits per heavy atom. The normalized spacial score (nSPS) is 15.5. The number of ether oxygens (including phenoxy) is 2. The maximum Gasteiger partial charge on any atom is 0.343 e. The van der Waals surface area contributed by atoms with Gasteiger partial charge in [0, 0.05) is 18.1 Å². The molecule has 3 rings (SSSR count). The molecular formula is C19H20ClNO5S. The summed E-state index contributed by atoms with van der Waals surface area (Å²) in [5.41, 5.74) is 1.77. The molecule has 0 aromatic heterocycles. The summed E-state index contributed by atoms with van der Waals surface area (Å²) in [6.07, 6.45) is 0. The summed E-state index contributed by atoms with van der Waals surface area (Å²) in [4.78, 5) is 12.6. The quantitative estimate of drug-likeness (QED) is 0.572. The first-order chi connectivity index (χ1) is 12.8. The van der Waals surface area contributed by atoms with Crippen molar-refractivity contribution in [3.05, 3.63) is 58.1 Å². The van der Waals surface area contributed by atoms with Gasteiger partial charge in [-0.25, -0.2) is 13.2 Å². The molecule has 0 aliphatic carbocycles. The minimum atomic E-state index is -3.60. The monoisotopic (exact) mass is 409 g/mol. The van der Waals surface area contributed by atoms with Crippen LogP contribution in [0.15, 0.2) is 41.3 Å². The molecule has 0 spiro atoms. The summed E-state index contributed by atoms with van der Waals surface area (Å²) < 4.78 is 37.3. The Bertz CT molecular complexity index is 928. The van der Waals surface area contributed by atoms with Crippen LogP contribution in [0.25, 0.3) is 0 Å². The first kappa shape index (κ1) is 19.8. The van der Waals surface area contributed by atoms with Crippen LogP contribution in [0.1, 0.15) is 21.5 Å². The minimum Gasteiger partial charge on any atom is -0.422 e. The highest BCUT2D eigenvalue weighted by molar-refractivity contribution is 7.89. The number of hydrogen-bond acceptors (Lipinski definition) is 5. The van der Waals surface area contributed by atoms with Gasteiger partial charge in [-0.15, -0.1) is 0 Å². The number of benzene rings is 2. The van der Waals surface area contributed by atoms with Crippen molar-refractivity contribution < 1.29 is 22.7 Å². The number of halogens is 1. The minimum absolute atomic E-state index is 0.139. The number of carbonyl (C=O) groups is 1. The van der Waals surface area contributed by atoms with E-state index in [-0.39, 0.29) is 10.5 Å². The van der Waals surface area contributed by atoms with Gasteiger partial charge >= 0.3 is 5.97 Å². The van der Waals surface area contributed by atoms with Gasteiger partial charge in [-0.1, -0.05) is 11.6 Å². The van der Waals surface area contributed by atoms with Crippen LogP contribution in [0.3, 0.4) is 0 Å². The van der Waals surface area contributed by atoms with Gasteiger partial charge in [0.1, 0.15) is 5.75 Å². The third-order valence-electron chi connectivity index (χ3n) is 4.32. The predicted octanol–water partition coefficient (Wildman–Crippen LogP) is 3.20. The van der Waals surface area contributed by atoms with Crippen molar-refractivity contribution in [2.24, 2.45) is 0 Å². The smallest absolute Gasteiger partial charge is 0.343 e. The van der Waals surface area contributed by atoms with Crippen molar-refractivity contribution in [1.29, 1.82) is 0 Å². The zero-order chi connectivity index (χ0) is 19.6. The van der Waals surface area contributed by atoms with E-state index in [2.05, 4.69) is 0 Å². The molecule has 27 heavy (non-hydrogen) atoms. The maximum atomic E-state index is 12.6. The Kier molecular flexibility index (Phi) is 5.86. The van der Waals surface area contributed by atoms with E-state index in [9.17, 15) is 13.2 Å². The number of esters is 1. The summed E-state index contributed by atoms with van der Waals surface area (Å²) in [7, 11) is -3.60. The average Bonchev–Trinajstić information content (AvgIpc) is 2.65. The van der Waals surface area contributed by atoms with Crippen molar-refractivity contribution in [1.82, 2.24) is 4.31 Å². The second-order valence-electron chi connectivity index (χ2n) is 6.30. The number of nitrogens with zero attached hydrogens (tertiary/aromatic N) is 1. The predicted molar refractivity (Wildman–Crippen MR) is 102 cm³/mol.